The second kappa shape index (κ2) is 6.48. The van der Waals surface area contributed by atoms with E-state index in [1.54, 1.807) is 16.8 Å². The number of furan rings is 1. The Morgan fingerprint density at radius 2 is 2.00 bits per heavy atom. The Kier molecular flexibility index (Phi) is 4.33. The van der Waals surface area contributed by atoms with Crippen LogP contribution in [0.15, 0.2) is 40.8 Å². The minimum atomic E-state index is -3.08. The topological polar surface area (TPSA) is 94.2 Å². The summed E-state index contributed by atoms with van der Waals surface area (Å²) in [5.74, 6) is 0.465. The number of amides is 1. The average molecular weight is 401 g/mol. The number of nitrogens with zero attached hydrogens (tertiary/aromatic N) is 2. The van der Waals surface area contributed by atoms with Crippen molar-refractivity contribution in [3.05, 3.63) is 47.9 Å². The SMILES string of the molecule is CC(C)(C)c1cc(NC(=O)c2cc3ccccc3o2)n([C@@H]2CCS(=O)(=O)C2)n1. The Bertz CT molecular complexity index is 1120. The molecule has 0 radical (unpaired) electrons. The molecule has 0 aliphatic carbocycles. The van der Waals surface area contributed by atoms with E-state index in [0.717, 1.165) is 11.1 Å². The van der Waals surface area contributed by atoms with Crippen LogP contribution in [0.2, 0.25) is 0 Å². The van der Waals surface area contributed by atoms with Crippen LogP contribution in [0.5, 0.6) is 0 Å². The summed E-state index contributed by atoms with van der Waals surface area (Å²) in [6.45, 7) is 6.07. The molecule has 0 unspecified atom stereocenters. The molecule has 2 aromatic heterocycles. The summed E-state index contributed by atoms with van der Waals surface area (Å²) in [4.78, 5) is 12.8. The van der Waals surface area contributed by atoms with Crippen molar-refractivity contribution in [2.24, 2.45) is 0 Å². The molecule has 1 saturated heterocycles. The zero-order chi connectivity index (χ0) is 20.1. The lowest BCUT2D eigenvalue weighted by atomic mass is 9.92. The normalized spacial score (nSPS) is 19.2. The number of fused-ring (bicyclic) bond motifs is 1. The molecule has 0 bridgehead atoms. The van der Waals surface area contributed by atoms with Gasteiger partial charge < -0.3 is 9.73 Å². The maximum atomic E-state index is 12.8. The molecule has 1 aliphatic rings. The lowest BCUT2D eigenvalue weighted by molar-refractivity contribution is 0.0997. The largest absolute Gasteiger partial charge is 0.451 e. The van der Waals surface area contributed by atoms with E-state index in [4.69, 9.17) is 4.42 Å². The Morgan fingerprint density at radius 1 is 1.25 bits per heavy atom. The van der Waals surface area contributed by atoms with Crippen LogP contribution in [0.4, 0.5) is 5.82 Å². The van der Waals surface area contributed by atoms with Gasteiger partial charge in [-0.25, -0.2) is 13.1 Å². The highest BCUT2D eigenvalue weighted by Crippen LogP contribution is 2.31. The smallest absolute Gasteiger partial charge is 0.292 e. The van der Waals surface area contributed by atoms with Crippen molar-refractivity contribution in [3.8, 4) is 0 Å². The van der Waals surface area contributed by atoms with Gasteiger partial charge in [-0.05, 0) is 18.6 Å². The number of benzene rings is 1. The van der Waals surface area contributed by atoms with Crippen molar-refractivity contribution in [1.82, 2.24) is 9.78 Å². The van der Waals surface area contributed by atoms with Crippen LogP contribution in [0, 0.1) is 0 Å². The molecule has 3 aromatic rings. The van der Waals surface area contributed by atoms with Crippen molar-refractivity contribution in [3.63, 3.8) is 0 Å². The summed E-state index contributed by atoms with van der Waals surface area (Å²) < 4.78 is 31.1. The van der Waals surface area contributed by atoms with E-state index in [0.29, 0.717) is 17.8 Å². The van der Waals surface area contributed by atoms with Gasteiger partial charge in [0.2, 0.25) is 0 Å². The first-order valence-corrected chi connectivity index (χ1v) is 11.0. The Hall–Kier alpha value is -2.61. The van der Waals surface area contributed by atoms with Crippen molar-refractivity contribution in [2.45, 2.75) is 38.6 Å². The fourth-order valence-corrected chi connectivity index (χ4v) is 5.06. The van der Waals surface area contributed by atoms with Gasteiger partial charge in [0, 0.05) is 16.9 Å². The molecular formula is C20H23N3O4S. The van der Waals surface area contributed by atoms with E-state index in [1.807, 2.05) is 45.0 Å². The predicted molar refractivity (Wildman–Crippen MR) is 107 cm³/mol. The number of carbonyl (C=O) groups excluding carboxylic acids is 1. The first-order chi connectivity index (χ1) is 13.1. The molecule has 1 aliphatic heterocycles. The van der Waals surface area contributed by atoms with E-state index in [-0.39, 0.29) is 28.7 Å². The first kappa shape index (κ1) is 18.7. The molecule has 0 saturated carbocycles. The van der Waals surface area contributed by atoms with Crippen molar-refractivity contribution in [2.75, 3.05) is 16.8 Å². The van der Waals surface area contributed by atoms with Gasteiger partial charge in [0.15, 0.2) is 15.6 Å². The fourth-order valence-electron chi connectivity index (χ4n) is 3.37. The molecule has 1 aromatic carbocycles. The van der Waals surface area contributed by atoms with Crippen molar-refractivity contribution in [1.29, 1.82) is 0 Å². The third-order valence-electron chi connectivity index (χ3n) is 4.95. The van der Waals surface area contributed by atoms with Gasteiger partial charge >= 0.3 is 0 Å². The molecule has 0 spiro atoms. The molecule has 1 fully saturated rings. The number of anilines is 1. The number of hydrogen-bond acceptors (Lipinski definition) is 5. The number of sulfone groups is 1. The van der Waals surface area contributed by atoms with E-state index in [1.165, 1.54) is 0 Å². The maximum Gasteiger partial charge on any atom is 0.292 e. The highest BCUT2D eigenvalue weighted by molar-refractivity contribution is 7.91. The number of rotatable bonds is 3. The van der Waals surface area contributed by atoms with E-state index >= 15 is 0 Å². The summed E-state index contributed by atoms with van der Waals surface area (Å²) in [6.07, 6.45) is 0.487. The molecule has 148 valence electrons. The molecule has 28 heavy (non-hydrogen) atoms. The lowest BCUT2D eigenvalue weighted by Gasteiger charge is -2.15. The number of aromatic nitrogens is 2. The molecule has 7 nitrogen and oxygen atoms in total. The van der Waals surface area contributed by atoms with Gasteiger partial charge in [0.25, 0.3) is 5.91 Å². The number of carbonyl (C=O) groups is 1. The first-order valence-electron chi connectivity index (χ1n) is 9.23. The number of para-hydroxylation sites is 1. The van der Waals surface area contributed by atoms with Gasteiger partial charge in [0.1, 0.15) is 11.4 Å². The maximum absolute atomic E-state index is 12.8. The zero-order valence-electron chi connectivity index (χ0n) is 16.1. The fraction of sp³-hybridized carbons (Fsp3) is 0.400. The zero-order valence-corrected chi connectivity index (χ0v) is 16.9. The van der Waals surface area contributed by atoms with Crippen LogP contribution in [-0.4, -0.2) is 35.6 Å². The average Bonchev–Trinajstić information content (AvgIpc) is 3.30. The second-order valence-electron chi connectivity index (χ2n) is 8.27. The molecular weight excluding hydrogens is 378 g/mol. The quantitative estimate of drug-likeness (QED) is 0.724. The number of hydrogen-bond donors (Lipinski definition) is 1. The van der Waals surface area contributed by atoms with Gasteiger partial charge in [-0.1, -0.05) is 39.0 Å². The molecule has 4 rings (SSSR count). The molecule has 1 atom stereocenters. The van der Waals surface area contributed by atoms with Gasteiger partial charge in [-0.2, -0.15) is 5.10 Å². The minimum absolute atomic E-state index is 0.0335. The van der Waals surface area contributed by atoms with E-state index in [9.17, 15) is 13.2 Å². The highest BCUT2D eigenvalue weighted by Gasteiger charge is 2.33. The monoisotopic (exact) mass is 401 g/mol. The van der Waals surface area contributed by atoms with Crippen molar-refractivity contribution >= 4 is 32.5 Å². The Morgan fingerprint density at radius 3 is 2.64 bits per heavy atom. The van der Waals surface area contributed by atoms with E-state index in [2.05, 4.69) is 10.4 Å². The predicted octanol–water partition coefficient (Wildman–Crippen LogP) is 3.54. The third kappa shape index (κ3) is 3.56. The van der Waals surface area contributed by atoms with Crippen LogP contribution >= 0.6 is 0 Å². The van der Waals surface area contributed by atoms with E-state index < -0.39 is 15.7 Å². The summed E-state index contributed by atoms with van der Waals surface area (Å²) in [5, 5.41) is 8.33. The van der Waals surface area contributed by atoms with Crippen LogP contribution in [0.1, 0.15) is 49.5 Å². The van der Waals surface area contributed by atoms with Crippen LogP contribution in [0.25, 0.3) is 11.0 Å². The minimum Gasteiger partial charge on any atom is -0.451 e. The summed E-state index contributed by atoms with van der Waals surface area (Å²) >= 11 is 0. The third-order valence-corrected chi connectivity index (χ3v) is 6.70. The van der Waals surface area contributed by atoms with Crippen molar-refractivity contribution < 1.29 is 17.6 Å². The molecule has 8 heteroatoms. The van der Waals surface area contributed by atoms with Gasteiger partial charge in [0.05, 0.1) is 23.2 Å². The standard InChI is InChI=1S/C20H23N3O4S/c1-20(2,3)17-11-18(23(22-17)14-8-9-28(25,26)12-14)21-19(24)16-10-13-6-4-5-7-15(13)27-16/h4-7,10-11,14H,8-9,12H2,1-3H3,(H,21,24)/t14-/m1/s1. The summed E-state index contributed by atoms with van der Waals surface area (Å²) in [5.41, 5.74) is 1.19. The van der Waals surface area contributed by atoms with Gasteiger partial charge in [-0.3, -0.25) is 4.79 Å². The molecule has 3 heterocycles. The Labute approximate surface area is 163 Å². The highest BCUT2D eigenvalue weighted by atomic mass is 32.2. The number of nitrogens with one attached hydrogen (secondary N) is 1. The van der Waals surface area contributed by atoms with Crippen LogP contribution in [0.3, 0.4) is 0 Å². The molecule has 1 amide bonds. The van der Waals surface area contributed by atoms with Gasteiger partial charge in [-0.15, -0.1) is 0 Å². The summed E-state index contributed by atoms with van der Waals surface area (Å²) in [6, 6.07) is 10.6. The lowest BCUT2D eigenvalue weighted by Crippen LogP contribution is -2.20. The van der Waals surface area contributed by atoms with Crippen LogP contribution < -0.4 is 5.32 Å². The molecule has 1 N–H and O–H groups in total. The Balaban J connectivity index is 1.67. The summed E-state index contributed by atoms with van der Waals surface area (Å²) in [7, 11) is -3.08. The van der Waals surface area contributed by atoms with Crippen LogP contribution in [-0.2, 0) is 15.3 Å². The second-order valence-corrected chi connectivity index (χ2v) is 10.5.